The van der Waals surface area contributed by atoms with E-state index in [1.54, 1.807) is 22.8 Å². The van der Waals surface area contributed by atoms with Crippen LogP contribution in [-0.4, -0.2) is 33.9 Å². The molecule has 2 aromatic heterocycles. The van der Waals surface area contributed by atoms with Crippen LogP contribution in [0.3, 0.4) is 0 Å². The zero-order valence-corrected chi connectivity index (χ0v) is 19.9. The Morgan fingerprint density at radius 3 is 2.74 bits per heavy atom. The lowest BCUT2D eigenvalue weighted by Gasteiger charge is -2.13. The molecule has 4 rings (SSSR count). The fraction of sp³-hybridized carbons (Fsp3) is 0.320. The number of halogens is 1. The quantitative estimate of drug-likeness (QED) is 0.203. The molecule has 4 aromatic rings. The van der Waals surface area contributed by atoms with Gasteiger partial charge in [0.25, 0.3) is 5.56 Å². The topological polar surface area (TPSA) is 86.4 Å². The molecule has 0 unspecified atom stereocenters. The van der Waals surface area contributed by atoms with Crippen LogP contribution in [0.5, 0.6) is 0 Å². The van der Waals surface area contributed by atoms with Gasteiger partial charge < -0.3 is 14.5 Å². The summed E-state index contributed by atoms with van der Waals surface area (Å²) in [6, 6.07) is 13.3. The van der Waals surface area contributed by atoms with Gasteiger partial charge in [-0.3, -0.25) is 14.2 Å². The van der Waals surface area contributed by atoms with Gasteiger partial charge in [-0.15, -0.1) is 0 Å². The molecule has 0 radical (unpaired) electrons. The van der Waals surface area contributed by atoms with Crippen molar-refractivity contribution in [2.75, 3.05) is 12.4 Å². The summed E-state index contributed by atoms with van der Waals surface area (Å²) in [5, 5.41) is 4.02. The number of hydrogen-bond acceptors (Lipinski definition) is 6. The number of ether oxygens (including phenoxy) is 1. The van der Waals surface area contributed by atoms with Crippen LogP contribution in [-0.2, 0) is 22.6 Å². The molecule has 0 spiro atoms. The normalized spacial score (nSPS) is 11.5. The average Bonchev–Trinajstić information content (AvgIpc) is 3.20. The first kappa shape index (κ1) is 24.0. The molecule has 0 aliphatic rings. The number of carbonyl (C=O) groups excluding carboxylic acids is 1. The molecule has 0 aliphatic heterocycles. The van der Waals surface area contributed by atoms with Crippen LogP contribution in [0.4, 0.5) is 4.39 Å². The average molecular weight is 484 g/mol. The molecule has 0 saturated heterocycles. The summed E-state index contributed by atoms with van der Waals surface area (Å²) >= 11 is 1.20. The second-order valence-corrected chi connectivity index (χ2v) is 9.03. The Hall–Kier alpha value is -3.17. The molecule has 1 amide bonds. The predicted molar refractivity (Wildman–Crippen MR) is 130 cm³/mol. The van der Waals surface area contributed by atoms with Crippen molar-refractivity contribution in [2.45, 2.75) is 44.6 Å². The van der Waals surface area contributed by atoms with E-state index in [0.29, 0.717) is 35.8 Å². The first-order valence-corrected chi connectivity index (χ1v) is 12.1. The molecule has 0 saturated carbocycles. The summed E-state index contributed by atoms with van der Waals surface area (Å²) in [7, 11) is 0. The van der Waals surface area contributed by atoms with E-state index in [1.165, 1.54) is 23.9 Å². The van der Waals surface area contributed by atoms with Crippen molar-refractivity contribution in [1.29, 1.82) is 0 Å². The lowest BCUT2D eigenvalue weighted by molar-refractivity contribution is -0.118. The SMILES string of the molecule is CC(C)OCCCn1c(SCC(=O)NCc2ccc(F)cc2)nc2c(oc3ccccc32)c1=O. The summed E-state index contributed by atoms with van der Waals surface area (Å²) in [4.78, 5) is 30.4. The van der Waals surface area contributed by atoms with E-state index in [4.69, 9.17) is 14.1 Å². The molecule has 34 heavy (non-hydrogen) atoms. The number of thioether (sulfide) groups is 1. The molecule has 0 atom stereocenters. The Morgan fingerprint density at radius 2 is 1.97 bits per heavy atom. The minimum atomic E-state index is -0.323. The lowest BCUT2D eigenvalue weighted by Crippen LogP contribution is -2.27. The van der Waals surface area contributed by atoms with Crippen molar-refractivity contribution < 1.29 is 18.3 Å². The minimum Gasteiger partial charge on any atom is -0.448 e. The smallest absolute Gasteiger partial charge is 0.297 e. The second-order valence-electron chi connectivity index (χ2n) is 8.09. The Labute approximate surface area is 200 Å². The van der Waals surface area contributed by atoms with Gasteiger partial charge in [-0.25, -0.2) is 9.37 Å². The molecule has 2 heterocycles. The van der Waals surface area contributed by atoms with Crippen molar-refractivity contribution in [3.63, 3.8) is 0 Å². The first-order chi connectivity index (χ1) is 16.4. The third-order valence-corrected chi connectivity index (χ3v) is 6.14. The molecule has 178 valence electrons. The summed E-state index contributed by atoms with van der Waals surface area (Å²) in [5.74, 6) is -0.455. The van der Waals surface area contributed by atoms with Crippen molar-refractivity contribution in [1.82, 2.24) is 14.9 Å². The number of nitrogens with one attached hydrogen (secondary N) is 1. The van der Waals surface area contributed by atoms with Crippen LogP contribution in [0.1, 0.15) is 25.8 Å². The highest BCUT2D eigenvalue weighted by Gasteiger charge is 2.18. The van der Waals surface area contributed by atoms with Gasteiger partial charge in [0.2, 0.25) is 11.5 Å². The Bertz CT molecular complexity index is 1350. The van der Waals surface area contributed by atoms with Gasteiger partial charge in [-0.1, -0.05) is 36.0 Å². The van der Waals surface area contributed by atoms with E-state index in [2.05, 4.69) is 5.32 Å². The maximum absolute atomic E-state index is 13.3. The Kier molecular flexibility index (Phi) is 7.64. The molecule has 0 aliphatic carbocycles. The van der Waals surface area contributed by atoms with Crippen LogP contribution < -0.4 is 10.9 Å². The van der Waals surface area contributed by atoms with Gasteiger partial charge in [-0.05, 0) is 50.1 Å². The first-order valence-electron chi connectivity index (χ1n) is 11.1. The van der Waals surface area contributed by atoms with E-state index in [9.17, 15) is 14.0 Å². The van der Waals surface area contributed by atoms with Crippen LogP contribution in [0.2, 0.25) is 0 Å². The van der Waals surface area contributed by atoms with Crippen LogP contribution in [0.25, 0.3) is 22.1 Å². The van der Waals surface area contributed by atoms with Crippen molar-refractivity contribution in [3.05, 3.63) is 70.3 Å². The highest BCUT2D eigenvalue weighted by atomic mass is 32.2. The number of rotatable bonds is 10. The minimum absolute atomic E-state index is 0.0808. The fourth-order valence-corrected chi connectivity index (χ4v) is 4.33. The number of hydrogen-bond donors (Lipinski definition) is 1. The number of nitrogens with zero attached hydrogens (tertiary/aromatic N) is 2. The van der Waals surface area contributed by atoms with Gasteiger partial charge in [0.05, 0.1) is 11.9 Å². The summed E-state index contributed by atoms with van der Waals surface area (Å²) in [6.07, 6.45) is 0.724. The third kappa shape index (κ3) is 5.66. The van der Waals surface area contributed by atoms with Crippen LogP contribution in [0, 0.1) is 5.82 Å². The zero-order valence-electron chi connectivity index (χ0n) is 19.0. The molecular formula is C25H26FN3O4S. The van der Waals surface area contributed by atoms with E-state index in [0.717, 1.165) is 10.9 Å². The predicted octanol–water partition coefficient (Wildman–Crippen LogP) is 4.51. The third-order valence-electron chi connectivity index (χ3n) is 5.16. The largest absolute Gasteiger partial charge is 0.448 e. The van der Waals surface area contributed by atoms with Crippen molar-refractivity contribution >= 4 is 39.7 Å². The molecule has 0 bridgehead atoms. The second kappa shape index (κ2) is 10.8. The number of fused-ring (bicyclic) bond motifs is 3. The maximum atomic E-state index is 13.3. The summed E-state index contributed by atoms with van der Waals surface area (Å²) < 4.78 is 26.0. The highest BCUT2D eigenvalue weighted by molar-refractivity contribution is 7.99. The van der Waals surface area contributed by atoms with Crippen LogP contribution >= 0.6 is 11.8 Å². The van der Waals surface area contributed by atoms with Gasteiger partial charge >= 0.3 is 0 Å². The van der Waals surface area contributed by atoms with E-state index in [-0.39, 0.29) is 41.3 Å². The van der Waals surface area contributed by atoms with Crippen LogP contribution in [0.15, 0.2) is 62.9 Å². The molecule has 2 aromatic carbocycles. The van der Waals surface area contributed by atoms with Crippen molar-refractivity contribution in [3.8, 4) is 0 Å². The number of benzene rings is 2. The van der Waals surface area contributed by atoms with E-state index in [1.807, 2.05) is 32.0 Å². The summed E-state index contributed by atoms with van der Waals surface area (Å²) in [6.45, 7) is 5.10. The Balaban J connectivity index is 1.53. The van der Waals surface area contributed by atoms with Gasteiger partial charge in [0, 0.05) is 25.1 Å². The Morgan fingerprint density at radius 1 is 1.21 bits per heavy atom. The molecule has 1 N–H and O–H groups in total. The van der Waals surface area contributed by atoms with E-state index < -0.39 is 0 Å². The van der Waals surface area contributed by atoms with E-state index >= 15 is 0 Å². The van der Waals surface area contributed by atoms with Gasteiger partial charge in [-0.2, -0.15) is 0 Å². The van der Waals surface area contributed by atoms with Gasteiger partial charge in [0.15, 0.2) is 5.16 Å². The molecular weight excluding hydrogens is 457 g/mol. The number of para-hydroxylation sites is 1. The number of carbonyl (C=O) groups is 1. The maximum Gasteiger partial charge on any atom is 0.297 e. The number of furan rings is 1. The molecule has 9 heteroatoms. The zero-order chi connectivity index (χ0) is 24.1. The number of amides is 1. The van der Waals surface area contributed by atoms with Crippen molar-refractivity contribution in [2.24, 2.45) is 0 Å². The van der Waals surface area contributed by atoms with Gasteiger partial charge in [0.1, 0.15) is 16.9 Å². The number of aromatic nitrogens is 2. The lowest BCUT2D eigenvalue weighted by atomic mass is 10.2. The fourth-order valence-electron chi connectivity index (χ4n) is 3.49. The molecule has 7 nitrogen and oxygen atoms in total. The monoisotopic (exact) mass is 483 g/mol. The standard InChI is InChI=1S/C25H26FN3O4S/c1-16(2)32-13-5-12-29-24(31)23-22(19-6-3-4-7-20(19)33-23)28-25(29)34-15-21(30)27-14-17-8-10-18(26)11-9-17/h3-4,6-11,16H,5,12-15H2,1-2H3,(H,27,30). The highest BCUT2D eigenvalue weighted by Crippen LogP contribution is 2.27. The molecule has 0 fully saturated rings. The summed E-state index contributed by atoms with van der Waals surface area (Å²) in [5.41, 5.74) is 1.81.